The van der Waals surface area contributed by atoms with Gasteiger partial charge in [0.25, 0.3) is 0 Å². The van der Waals surface area contributed by atoms with Crippen molar-refractivity contribution in [3.8, 4) is 0 Å². The number of tetrazole rings is 1. The van der Waals surface area contributed by atoms with Gasteiger partial charge in [-0.2, -0.15) is 18.0 Å². The molecule has 0 amide bonds. The van der Waals surface area contributed by atoms with Crippen molar-refractivity contribution in [3.63, 3.8) is 0 Å². The molecule has 0 radical (unpaired) electrons. The fourth-order valence-electron chi connectivity index (χ4n) is 1.11. The summed E-state index contributed by atoms with van der Waals surface area (Å²) < 4.78 is 40.0. The summed E-state index contributed by atoms with van der Waals surface area (Å²) in [4.78, 5) is 1.25. The summed E-state index contributed by atoms with van der Waals surface area (Å²) in [7, 11) is 1.58. The Balaban J connectivity index is 2.34. The van der Waals surface area contributed by atoms with Gasteiger partial charge in [-0.05, 0) is 5.21 Å². The van der Waals surface area contributed by atoms with Crippen LogP contribution in [-0.2, 0) is 18.2 Å². The molecule has 98 valence electrons. The Kier molecular flexibility index (Phi) is 4.78. The minimum atomic E-state index is -4.34. The lowest BCUT2D eigenvalue weighted by molar-refractivity contribution is -0.175. The highest BCUT2D eigenvalue weighted by molar-refractivity contribution is 4.83. The lowest BCUT2D eigenvalue weighted by Crippen LogP contribution is -2.41. The van der Waals surface area contributed by atoms with Crippen molar-refractivity contribution < 1.29 is 17.9 Å². The van der Waals surface area contributed by atoms with Crippen LogP contribution in [0.5, 0.6) is 0 Å². The standard InChI is InChI=1S/C7H13F3N6O/c1-16-14-6(13-15-16)2-5(12-11)3-17-4-7(8,9)10/h5,12H,2-4,11H2,1H3. The lowest BCUT2D eigenvalue weighted by atomic mass is 10.2. The van der Waals surface area contributed by atoms with Gasteiger partial charge < -0.3 is 4.74 Å². The van der Waals surface area contributed by atoms with Crippen molar-refractivity contribution in [2.75, 3.05) is 13.2 Å². The van der Waals surface area contributed by atoms with Crippen molar-refractivity contribution in [2.24, 2.45) is 12.9 Å². The normalized spacial score (nSPS) is 13.9. The number of aromatic nitrogens is 4. The maximum atomic E-state index is 11.8. The predicted octanol–water partition coefficient (Wildman–Crippen LogP) is -0.837. The molecule has 1 aromatic rings. The molecule has 3 N–H and O–H groups in total. The molecular formula is C7H13F3N6O. The van der Waals surface area contributed by atoms with Crippen LogP contribution < -0.4 is 11.3 Å². The number of hydrazine groups is 1. The molecule has 0 fully saturated rings. The Morgan fingerprint density at radius 2 is 2.24 bits per heavy atom. The van der Waals surface area contributed by atoms with E-state index >= 15 is 0 Å². The van der Waals surface area contributed by atoms with Gasteiger partial charge in [-0.1, -0.05) is 0 Å². The number of ether oxygens (including phenoxy) is 1. The number of rotatable bonds is 6. The summed E-state index contributed by atoms with van der Waals surface area (Å²) in [5.41, 5.74) is 2.34. The van der Waals surface area contributed by atoms with Gasteiger partial charge in [-0.3, -0.25) is 11.3 Å². The van der Waals surface area contributed by atoms with Crippen LogP contribution in [0.1, 0.15) is 5.82 Å². The Morgan fingerprint density at radius 1 is 1.53 bits per heavy atom. The third kappa shape index (κ3) is 5.56. The Bertz CT molecular complexity index is 341. The van der Waals surface area contributed by atoms with Crippen LogP contribution in [0.4, 0.5) is 13.2 Å². The molecule has 0 bridgehead atoms. The van der Waals surface area contributed by atoms with Gasteiger partial charge in [0.15, 0.2) is 5.82 Å². The molecule has 0 spiro atoms. The zero-order valence-corrected chi connectivity index (χ0v) is 9.11. The minimum Gasteiger partial charge on any atom is -0.370 e. The molecule has 0 aromatic carbocycles. The van der Waals surface area contributed by atoms with E-state index in [0.717, 1.165) is 0 Å². The molecule has 17 heavy (non-hydrogen) atoms. The van der Waals surface area contributed by atoms with E-state index in [4.69, 9.17) is 5.84 Å². The summed E-state index contributed by atoms with van der Waals surface area (Å²) >= 11 is 0. The number of hydrogen-bond acceptors (Lipinski definition) is 6. The number of nitrogens with one attached hydrogen (secondary N) is 1. The highest BCUT2D eigenvalue weighted by Gasteiger charge is 2.28. The first-order valence-electron chi connectivity index (χ1n) is 4.74. The molecular weight excluding hydrogens is 241 g/mol. The van der Waals surface area contributed by atoms with Gasteiger partial charge in [0.05, 0.1) is 19.7 Å². The van der Waals surface area contributed by atoms with Crippen molar-refractivity contribution in [1.29, 1.82) is 0 Å². The number of halogens is 3. The maximum Gasteiger partial charge on any atom is 0.411 e. The van der Waals surface area contributed by atoms with Crippen LogP contribution in [0.15, 0.2) is 0 Å². The molecule has 10 heteroatoms. The molecule has 0 saturated carbocycles. The summed E-state index contributed by atoms with van der Waals surface area (Å²) in [6.45, 7) is -1.49. The molecule has 1 aromatic heterocycles. The number of hydrogen-bond donors (Lipinski definition) is 2. The quantitative estimate of drug-likeness (QED) is 0.508. The summed E-state index contributed by atoms with van der Waals surface area (Å²) in [6.07, 6.45) is -4.11. The Morgan fingerprint density at radius 3 is 2.71 bits per heavy atom. The van der Waals surface area contributed by atoms with E-state index in [1.165, 1.54) is 4.80 Å². The topological polar surface area (TPSA) is 90.9 Å². The average Bonchev–Trinajstić information content (AvgIpc) is 2.60. The first-order chi connectivity index (χ1) is 7.90. The van der Waals surface area contributed by atoms with Crippen LogP contribution in [0.25, 0.3) is 0 Å². The van der Waals surface area contributed by atoms with Crippen molar-refractivity contribution in [1.82, 2.24) is 25.6 Å². The van der Waals surface area contributed by atoms with E-state index in [-0.39, 0.29) is 13.0 Å². The first-order valence-corrected chi connectivity index (χ1v) is 4.74. The molecule has 1 heterocycles. The second-order valence-corrected chi connectivity index (χ2v) is 3.39. The minimum absolute atomic E-state index is 0.186. The number of nitrogens with two attached hydrogens (primary N) is 1. The monoisotopic (exact) mass is 254 g/mol. The molecule has 0 aliphatic carbocycles. The van der Waals surface area contributed by atoms with E-state index in [2.05, 4.69) is 25.6 Å². The lowest BCUT2D eigenvalue weighted by Gasteiger charge is -2.15. The van der Waals surface area contributed by atoms with Crippen LogP contribution in [0.2, 0.25) is 0 Å². The van der Waals surface area contributed by atoms with Crippen molar-refractivity contribution in [3.05, 3.63) is 5.82 Å². The Labute approximate surface area is 95.1 Å². The summed E-state index contributed by atoms with van der Waals surface area (Å²) in [5.74, 6) is 5.56. The zero-order chi connectivity index (χ0) is 12.9. The molecule has 1 unspecified atom stereocenters. The van der Waals surface area contributed by atoms with E-state index in [0.29, 0.717) is 5.82 Å². The number of aryl methyl sites for hydroxylation is 1. The van der Waals surface area contributed by atoms with Gasteiger partial charge in [-0.25, -0.2) is 0 Å². The second kappa shape index (κ2) is 5.89. The highest BCUT2D eigenvalue weighted by Crippen LogP contribution is 2.14. The first kappa shape index (κ1) is 13.8. The third-order valence-electron chi connectivity index (χ3n) is 1.80. The fourth-order valence-corrected chi connectivity index (χ4v) is 1.11. The largest absolute Gasteiger partial charge is 0.411 e. The van der Waals surface area contributed by atoms with Crippen molar-refractivity contribution in [2.45, 2.75) is 18.6 Å². The van der Waals surface area contributed by atoms with Crippen LogP contribution >= 0.6 is 0 Å². The van der Waals surface area contributed by atoms with Crippen molar-refractivity contribution >= 4 is 0 Å². The van der Waals surface area contributed by atoms with E-state index in [1.807, 2.05) is 0 Å². The maximum absolute atomic E-state index is 11.8. The van der Waals surface area contributed by atoms with Gasteiger partial charge >= 0.3 is 6.18 Å². The smallest absolute Gasteiger partial charge is 0.370 e. The summed E-state index contributed by atoms with van der Waals surface area (Å²) in [5, 5.41) is 11.2. The molecule has 1 rings (SSSR count). The summed E-state index contributed by atoms with van der Waals surface area (Å²) in [6, 6.07) is -0.499. The molecule has 0 aliphatic heterocycles. The highest BCUT2D eigenvalue weighted by atomic mass is 19.4. The zero-order valence-electron chi connectivity index (χ0n) is 9.11. The van der Waals surface area contributed by atoms with Crippen LogP contribution in [0, 0.1) is 0 Å². The van der Waals surface area contributed by atoms with Gasteiger partial charge in [0, 0.05) is 6.42 Å². The van der Waals surface area contributed by atoms with Crippen LogP contribution in [-0.4, -0.2) is 45.6 Å². The number of nitrogens with zero attached hydrogens (tertiary/aromatic N) is 4. The van der Waals surface area contributed by atoms with E-state index < -0.39 is 18.8 Å². The number of alkyl halides is 3. The fraction of sp³-hybridized carbons (Fsp3) is 0.857. The molecule has 1 atom stereocenters. The molecule has 0 aliphatic rings. The third-order valence-corrected chi connectivity index (χ3v) is 1.80. The van der Waals surface area contributed by atoms with Crippen LogP contribution in [0.3, 0.4) is 0 Å². The SMILES string of the molecule is Cn1nnc(CC(COCC(F)(F)F)NN)n1. The average molecular weight is 254 g/mol. The van der Waals surface area contributed by atoms with E-state index in [1.54, 1.807) is 7.05 Å². The second-order valence-electron chi connectivity index (χ2n) is 3.39. The van der Waals surface area contributed by atoms with Gasteiger partial charge in [0.2, 0.25) is 0 Å². The molecule has 0 saturated heterocycles. The van der Waals surface area contributed by atoms with Gasteiger partial charge in [-0.15, -0.1) is 10.2 Å². The van der Waals surface area contributed by atoms with E-state index in [9.17, 15) is 13.2 Å². The Hall–Kier alpha value is -1.26. The van der Waals surface area contributed by atoms with Gasteiger partial charge in [0.1, 0.15) is 6.61 Å². The molecule has 7 nitrogen and oxygen atoms in total. The predicted molar refractivity (Wildman–Crippen MR) is 50.5 cm³/mol.